The molecule has 0 saturated heterocycles. The Morgan fingerprint density at radius 1 is 1.13 bits per heavy atom. The molecule has 2 aromatic carbocycles. The van der Waals surface area contributed by atoms with Crippen LogP contribution in [0.15, 0.2) is 36.4 Å². The molecule has 0 heterocycles. The lowest BCUT2D eigenvalue weighted by Crippen LogP contribution is -2.12. The van der Waals surface area contributed by atoms with E-state index < -0.39 is 0 Å². The molecule has 122 valence electrons. The lowest BCUT2D eigenvalue weighted by atomic mass is 10.1. The number of rotatable bonds is 6. The Labute approximate surface area is 146 Å². The van der Waals surface area contributed by atoms with Crippen LogP contribution in [0, 0.1) is 13.8 Å². The zero-order chi connectivity index (χ0) is 16.8. The van der Waals surface area contributed by atoms with Gasteiger partial charge in [-0.1, -0.05) is 41.4 Å². The van der Waals surface area contributed by atoms with Crippen LogP contribution in [-0.4, -0.2) is 12.5 Å². The van der Waals surface area contributed by atoms with Gasteiger partial charge in [0.1, 0.15) is 5.75 Å². The molecule has 2 rings (SSSR count). The summed E-state index contributed by atoms with van der Waals surface area (Å²) in [6.07, 6.45) is 0.994. The molecule has 0 bridgehead atoms. The first-order chi connectivity index (χ1) is 11.0. The molecule has 0 aliphatic carbocycles. The standard InChI is InChI=1S/C18H19Cl2NO2/c1-12-11-15(18(20)13(2)17(12)19)23-10-6-9-16(22)21-14-7-4-3-5-8-14/h3-5,7-8,11H,6,9-10H2,1-2H3,(H,21,22). The van der Waals surface area contributed by atoms with E-state index in [0.717, 1.165) is 16.8 Å². The first-order valence-electron chi connectivity index (χ1n) is 7.42. The molecule has 1 amide bonds. The Bertz CT molecular complexity index is 687. The summed E-state index contributed by atoms with van der Waals surface area (Å²) in [5, 5.41) is 4.02. The Morgan fingerprint density at radius 3 is 2.52 bits per heavy atom. The highest BCUT2D eigenvalue weighted by Gasteiger charge is 2.11. The van der Waals surface area contributed by atoms with E-state index in [4.69, 9.17) is 27.9 Å². The molecular weight excluding hydrogens is 333 g/mol. The number of para-hydroxylation sites is 1. The highest BCUT2D eigenvalue weighted by Crippen LogP contribution is 2.35. The molecule has 0 aliphatic heterocycles. The Kier molecular flexibility index (Phi) is 6.31. The SMILES string of the molecule is Cc1cc(OCCCC(=O)Nc2ccccc2)c(Cl)c(C)c1Cl. The summed E-state index contributed by atoms with van der Waals surface area (Å²) in [7, 11) is 0. The molecule has 0 unspecified atom stereocenters. The van der Waals surface area contributed by atoms with Crippen LogP contribution in [0.2, 0.25) is 10.0 Å². The summed E-state index contributed by atoms with van der Waals surface area (Å²) in [6.45, 7) is 4.19. The third-order valence-corrected chi connectivity index (χ3v) is 4.48. The van der Waals surface area contributed by atoms with Crippen LogP contribution in [0.3, 0.4) is 0 Å². The third-order valence-electron chi connectivity index (χ3n) is 3.43. The monoisotopic (exact) mass is 351 g/mol. The number of aryl methyl sites for hydroxylation is 1. The maximum Gasteiger partial charge on any atom is 0.224 e. The number of hydrogen-bond acceptors (Lipinski definition) is 2. The largest absolute Gasteiger partial charge is 0.492 e. The molecule has 0 radical (unpaired) electrons. The van der Waals surface area contributed by atoms with Crippen molar-refractivity contribution >= 4 is 34.8 Å². The number of carbonyl (C=O) groups excluding carboxylic acids is 1. The predicted octanol–water partition coefficient (Wildman–Crippen LogP) is 5.41. The minimum absolute atomic E-state index is 0.0330. The molecular formula is C18H19Cl2NO2. The van der Waals surface area contributed by atoms with E-state index in [2.05, 4.69) is 5.32 Å². The minimum atomic E-state index is -0.0330. The average Bonchev–Trinajstić information content (AvgIpc) is 2.55. The number of carbonyl (C=O) groups is 1. The highest BCUT2D eigenvalue weighted by molar-refractivity contribution is 6.37. The molecule has 0 fully saturated rings. The van der Waals surface area contributed by atoms with E-state index >= 15 is 0 Å². The van der Waals surface area contributed by atoms with Crippen molar-refractivity contribution in [2.75, 3.05) is 11.9 Å². The fourth-order valence-electron chi connectivity index (χ4n) is 2.17. The van der Waals surface area contributed by atoms with Crippen LogP contribution >= 0.6 is 23.2 Å². The van der Waals surface area contributed by atoms with Gasteiger partial charge in [-0.3, -0.25) is 4.79 Å². The number of anilines is 1. The number of amides is 1. The summed E-state index contributed by atoms with van der Waals surface area (Å²) in [4.78, 5) is 11.8. The lowest BCUT2D eigenvalue weighted by Gasteiger charge is -2.13. The van der Waals surface area contributed by atoms with Crippen molar-refractivity contribution in [2.45, 2.75) is 26.7 Å². The zero-order valence-corrected chi connectivity index (χ0v) is 14.7. The van der Waals surface area contributed by atoms with Crippen molar-refractivity contribution in [3.05, 3.63) is 57.6 Å². The second-order valence-corrected chi connectivity index (χ2v) is 6.07. The fraction of sp³-hybridized carbons (Fsp3) is 0.278. The first-order valence-corrected chi connectivity index (χ1v) is 8.17. The van der Waals surface area contributed by atoms with Crippen molar-refractivity contribution < 1.29 is 9.53 Å². The highest BCUT2D eigenvalue weighted by atomic mass is 35.5. The van der Waals surface area contributed by atoms with Gasteiger partial charge >= 0.3 is 0 Å². The van der Waals surface area contributed by atoms with Gasteiger partial charge in [0.2, 0.25) is 5.91 Å². The van der Waals surface area contributed by atoms with Crippen molar-refractivity contribution in [1.29, 1.82) is 0 Å². The molecule has 0 atom stereocenters. The van der Waals surface area contributed by atoms with Crippen LogP contribution in [0.1, 0.15) is 24.0 Å². The van der Waals surface area contributed by atoms with E-state index in [0.29, 0.717) is 35.2 Å². The van der Waals surface area contributed by atoms with Crippen molar-refractivity contribution in [3.8, 4) is 5.75 Å². The molecule has 0 aliphatic rings. The van der Waals surface area contributed by atoms with Gasteiger partial charge in [-0.15, -0.1) is 0 Å². The molecule has 23 heavy (non-hydrogen) atoms. The van der Waals surface area contributed by atoms with Gasteiger partial charge in [0.25, 0.3) is 0 Å². The predicted molar refractivity (Wildman–Crippen MR) is 95.7 cm³/mol. The van der Waals surface area contributed by atoms with E-state index in [9.17, 15) is 4.79 Å². The molecule has 0 aromatic heterocycles. The van der Waals surface area contributed by atoms with Crippen LogP contribution < -0.4 is 10.1 Å². The Balaban J connectivity index is 1.81. The van der Waals surface area contributed by atoms with E-state index in [1.807, 2.05) is 50.2 Å². The van der Waals surface area contributed by atoms with Crippen molar-refractivity contribution in [2.24, 2.45) is 0 Å². The number of halogens is 2. The normalized spacial score (nSPS) is 10.4. The summed E-state index contributed by atoms with van der Waals surface area (Å²) < 4.78 is 5.68. The van der Waals surface area contributed by atoms with Crippen LogP contribution in [-0.2, 0) is 4.79 Å². The Hall–Kier alpha value is -1.71. The number of ether oxygens (including phenoxy) is 1. The minimum Gasteiger partial charge on any atom is -0.492 e. The van der Waals surface area contributed by atoms with E-state index in [1.54, 1.807) is 0 Å². The fourth-order valence-corrected chi connectivity index (χ4v) is 2.57. The smallest absolute Gasteiger partial charge is 0.224 e. The van der Waals surface area contributed by atoms with Gasteiger partial charge in [-0.25, -0.2) is 0 Å². The summed E-state index contributed by atoms with van der Waals surface area (Å²) in [5.41, 5.74) is 2.53. The maximum absolute atomic E-state index is 11.8. The molecule has 1 N–H and O–H groups in total. The van der Waals surface area contributed by atoms with Crippen LogP contribution in [0.5, 0.6) is 5.75 Å². The number of benzene rings is 2. The quantitative estimate of drug-likeness (QED) is 0.706. The third kappa shape index (κ3) is 4.88. The van der Waals surface area contributed by atoms with Crippen molar-refractivity contribution in [3.63, 3.8) is 0 Å². The number of hydrogen-bond donors (Lipinski definition) is 1. The topological polar surface area (TPSA) is 38.3 Å². The summed E-state index contributed by atoms with van der Waals surface area (Å²) in [5.74, 6) is 0.573. The van der Waals surface area contributed by atoms with Crippen LogP contribution in [0.4, 0.5) is 5.69 Å². The van der Waals surface area contributed by atoms with Gasteiger partial charge in [-0.2, -0.15) is 0 Å². The van der Waals surface area contributed by atoms with Gasteiger partial charge in [-0.05, 0) is 49.6 Å². The average molecular weight is 352 g/mol. The Morgan fingerprint density at radius 2 is 1.83 bits per heavy atom. The molecule has 3 nitrogen and oxygen atoms in total. The molecule has 2 aromatic rings. The van der Waals surface area contributed by atoms with Crippen molar-refractivity contribution in [1.82, 2.24) is 0 Å². The molecule has 5 heteroatoms. The van der Waals surface area contributed by atoms with Gasteiger partial charge in [0, 0.05) is 17.1 Å². The van der Waals surface area contributed by atoms with E-state index in [-0.39, 0.29) is 5.91 Å². The zero-order valence-electron chi connectivity index (χ0n) is 13.2. The van der Waals surface area contributed by atoms with E-state index in [1.165, 1.54) is 0 Å². The summed E-state index contributed by atoms with van der Waals surface area (Å²) >= 11 is 12.4. The maximum atomic E-state index is 11.8. The molecule has 0 saturated carbocycles. The number of nitrogens with one attached hydrogen (secondary N) is 1. The van der Waals surface area contributed by atoms with Gasteiger partial charge in [0.05, 0.1) is 11.6 Å². The molecule has 0 spiro atoms. The van der Waals surface area contributed by atoms with Gasteiger partial charge < -0.3 is 10.1 Å². The second-order valence-electron chi connectivity index (χ2n) is 5.31. The summed E-state index contributed by atoms with van der Waals surface area (Å²) in [6, 6.07) is 11.2. The van der Waals surface area contributed by atoms with Crippen LogP contribution in [0.25, 0.3) is 0 Å². The van der Waals surface area contributed by atoms with Gasteiger partial charge in [0.15, 0.2) is 0 Å². The second kappa shape index (κ2) is 8.23. The first kappa shape index (κ1) is 17.6. The lowest BCUT2D eigenvalue weighted by molar-refractivity contribution is -0.116.